The Morgan fingerprint density at radius 3 is 2.22 bits per heavy atom. The van der Waals surface area contributed by atoms with E-state index in [2.05, 4.69) is 9.97 Å². The zero-order valence-corrected chi connectivity index (χ0v) is 10.6. The number of benzene rings is 1. The molecule has 0 amide bonds. The van der Waals surface area contributed by atoms with E-state index in [1.54, 1.807) is 18.2 Å². The van der Waals surface area contributed by atoms with Crippen LogP contribution in [-0.2, 0) is 11.2 Å². The summed E-state index contributed by atoms with van der Waals surface area (Å²) in [4.78, 5) is 18.7. The number of nitrogens with zero attached hydrogens (tertiary/aromatic N) is 2. The van der Waals surface area contributed by atoms with E-state index in [9.17, 15) is 4.79 Å². The number of hydrogen-bond donors (Lipinski definition) is 1. The Hall–Kier alpha value is -1.65. The summed E-state index contributed by atoms with van der Waals surface area (Å²) in [6.45, 7) is 0. The zero-order chi connectivity index (χ0) is 13.1. The summed E-state index contributed by atoms with van der Waals surface area (Å²) < 4.78 is 0. The lowest BCUT2D eigenvalue weighted by Gasteiger charge is -2.05. The van der Waals surface area contributed by atoms with Gasteiger partial charge in [0, 0.05) is 12.4 Å². The maximum Gasteiger partial charge on any atom is 0.307 e. The van der Waals surface area contributed by atoms with Crippen molar-refractivity contribution in [3.05, 3.63) is 46.2 Å². The van der Waals surface area contributed by atoms with Gasteiger partial charge >= 0.3 is 5.97 Å². The molecule has 2 aromatic rings. The number of carbonyl (C=O) groups is 1. The van der Waals surface area contributed by atoms with E-state index in [0.29, 0.717) is 27.0 Å². The molecule has 6 heteroatoms. The molecular formula is C12H8Cl2N2O2. The van der Waals surface area contributed by atoms with Gasteiger partial charge in [-0.3, -0.25) is 4.79 Å². The zero-order valence-electron chi connectivity index (χ0n) is 9.10. The Balaban J connectivity index is 2.37. The second-order valence-electron chi connectivity index (χ2n) is 3.58. The van der Waals surface area contributed by atoms with Crippen LogP contribution in [0.1, 0.15) is 5.56 Å². The molecule has 2 rings (SSSR count). The summed E-state index contributed by atoms with van der Waals surface area (Å²) in [6.07, 6.45) is 2.79. The molecule has 0 aliphatic carbocycles. The quantitative estimate of drug-likeness (QED) is 0.940. The van der Waals surface area contributed by atoms with Gasteiger partial charge in [-0.1, -0.05) is 29.3 Å². The molecule has 0 bridgehead atoms. The number of aromatic nitrogens is 2. The highest BCUT2D eigenvalue weighted by molar-refractivity contribution is 6.38. The minimum absolute atomic E-state index is 0.115. The molecule has 18 heavy (non-hydrogen) atoms. The van der Waals surface area contributed by atoms with Gasteiger partial charge in [-0.05, 0) is 17.7 Å². The molecule has 4 nitrogen and oxygen atoms in total. The van der Waals surface area contributed by atoms with Crippen molar-refractivity contribution in [2.75, 3.05) is 0 Å². The van der Waals surface area contributed by atoms with E-state index in [1.165, 1.54) is 12.4 Å². The first-order chi connectivity index (χ1) is 8.58. The highest BCUT2D eigenvalue weighted by atomic mass is 35.5. The third kappa shape index (κ3) is 2.78. The molecule has 0 radical (unpaired) electrons. The molecule has 0 saturated heterocycles. The standard InChI is InChI=1S/C12H8Cl2N2O2/c13-8-2-1-3-9(14)11(8)12-15-5-7(6-16-12)4-10(17)18/h1-3,5-6H,4H2,(H,17,18). The van der Waals surface area contributed by atoms with E-state index >= 15 is 0 Å². The van der Waals surface area contributed by atoms with Gasteiger partial charge in [0.15, 0.2) is 5.82 Å². The third-order valence-electron chi connectivity index (χ3n) is 2.25. The Labute approximate surface area is 113 Å². The average molecular weight is 283 g/mol. The van der Waals surface area contributed by atoms with E-state index in [-0.39, 0.29) is 6.42 Å². The Morgan fingerprint density at radius 1 is 1.17 bits per heavy atom. The molecule has 1 aromatic heterocycles. The lowest BCUT2D eigenvalue weighted by molar-refractivity contribution is -0.136. The Morgan fingerprint density at radius 2 is 1.72 bits per heavy atom. The molecule has 92 valence electrons. The van der Waals surface area contributed by atoms with Crippen molar-refractivity contribution in [1.29, 1.82) is 0 Å². The summed E-state index contributed by atoms with van der Waals surface area (Å²) in [5.74, 6) is -0.554. The predicted molar refractivity (Wildman–Crippen MR) is 68.8 cm³/mol. The molecule has 0 atom stereocenters. The highest BCUT2D eigenvalue weighted by Gasteiger charge is 2.11. The first-order valence-corrected chi connectivity index (χ1v) is 5.80. The van der Waals surface area contributed by atoms with Gasteiger partial charge in [-0.15, -0.1) is 0 Å². The maximum atomic E-state index is 10.5. The van der Waals surface area contributed by atoms with Crippen LogP contribution in [0.5, 0.6) is 0 Å². The molecule has 1 aromatic carbocycles. The van der Waals surface area contributed by atoms with Crippen molar-refractivity contribution in [2.45, 2.75) is 6.42 Å². The first kappa shape index (κ1) is 12.8. The molecule has 0 spiro atoms. The number of rotatable bonds is 3. The fourth-order valence-electron chi connectivity index (χ4n) is 1.46. The van der Waals surface area contributed by atoms with Gasteiger partial charge in [-0.2, -0.15) is 0 Å². The van der Waals surface area contributed by atoms with Crippen LogP contribution in [0.15, 0.2) is 30.6 Å². The smallest absolute Gasteiger partial charge is 0.307 e. The summed E-state index contributed by atoms with van der Waals surface area (Å²) in [5, 5.41) is 9.55. The lowest BCUT2D eigenvalue weighted by Crippen LogP contribution is -2.02. The van der Waals surface area contributed by atoms with Crippen molar-refractivity contribution in [1.82, 2.24) is 9.97 Å². The van der Waals surface area contributed by atoms with Crippen LogP contribution >= 0.6 is 23.2 Å². The van der Waals surface area contributed by atoms with Crippen LogP contribution in [0.2, 0.25) is 10.0 Å². The fourth-order valence-corrected chi connectivity index (χ4v) is 2.03. The molecule has 0 aliphatic heterocycles. The minimum Gasteiger partial charge on any atom is -0.481 e. The van der Waals surface area contributed by atoms with Crippen LogP contribution < -0.4 is 0 Å². The topological polar surface area (TPSA) is 63.1 Å². The number of carboxylic acids is 1. The van der Waals surface area contributed by atoms with Crippen molar-refractivity contribution < 1.29 is 9.90 Å². The second-order valence-corrected chi connectivity index (χ2v) is 4.40. The molecule has 0 aliphatic rings. The van der Waals surface area contributed by atoms with Gasteiger partial charge in [0.25, 0.3) is 0 Å². The van der Waals surface area contributed by atoms with Crippen LogP contribution in [0.4, 0.5) is 0 Å². The minimum atomic E-state index is -0.929. The maximum absolute atomic E-state index is 10.5. The lowest BCUT2D eigenvalue weighted by atomic mass is 10.2. The third-order valence-corrected chi connectivity index (χ3v) is 2.88. The SMILES string of the molecule is O=C(O)Cc1cnc(-c2c(Cl)cccc2Cl)nc1. The summed E-state index contributed by atoms with van der Waals surface area (Å²) >= 11 is 12.1. The van der Waals surface area contributed by atoms with Crippen LogP contribution in [-0.4, -0.2) is 21.0 Å². The van der Waals surface area contributed by atoms with Gasteiger partial charge in [-0.25, -0.2) is 9.97 Å². The van der Waals surface area contributed by atoms with Gasteiger partial charge in [0.05, 0.1) is 22.0 Å². The summed E-state index contributed by atoms with van der Waals surface area (Å²) in [5.41, 5.74) is 1.07. The predicted octanol–water partition coefficient (Wildman–Crippen LogP) is 3.08. The van der Waals surface area contributed by atoms with Crippen LogP contribution in [0.25, 0.3) is 11.4 Å². The Bertz CT molecular complexity index is 565. The van der Waals surface area contributed by atoms with Crippen LogP contribution in [0.3, 0.4) is 0 Å². The normalized spacial score (nSPS) is 10.3. The second kappa shape index (κ2) is 5.33. The van der Waals surface area contributed by atoms with Crippen molar-refractivity contribution >= 4 is 29.2 Å². The monoisotopic (exact) mass is 282 g/mol. The molecule has 0 unspecified atom stereocenters. The highest BCUT2D eigenvalue weighted by Crippen LogP contribution is 2.31. The molecular weight excluding hydrogens is 275 g/mol. The molecule has 0 fully saturated rings. The number of carboxylic acid groups (broad SMARTS) is 1. The van der Waals surface area contributed by atoms with Crippen molar-refractivity contribution in [3.8, 4) is 11.4 Å². The Kier molecular flexibility index (Phi) is 3.79. The fraction of sp³-hybridized carbons (Fsp3) is 0.0833. The van der Waals surface area contributed by atoms with Gasteiger partial charge in [0.1, 0.15) is 0 Å². The molecule has 1 heterocycles. The largest absolute Gasteiger partial charge is 0.481 e. The average Bonchev–Trinajstić information content (AvgIpc) is 2.30. The number of aliphatic carboxylic acids is 1. The van der Waals surface area contributed by atoms with E-state index in [1.807, 2.05) is 0 Å². The summed E-state index contributed by atoms with van der Waals surface area (Å²) in [6, 6.07) is 5.11. The first-order valence-electron chi connectivity index (χ1n) is 5.05. The summed E-state index contributed by atoms with van der Waals surface area (Å²) in [7, 11) is 0. The van der Waals surface area contributed by atoms with Crippen LogP contribution in [0, 0.1) is 0 Å². The molecule has 0 saturated carbocycles. The van der Waals surface area contributed by atoms with Gasteiger partial charge in [0.2, 0.25) is 0 Å². The number of hydrogen-bond acceptors (Lipinski definition) is 3. The van der Waals surface area contributed by atoms with E-state index in [0.717, 1.165) is 0 Å². The van der Waals surface area contributed by atoms with E-state index in [4.69, 9.17) is 28.3 Å². The van der Waals surface area contributed by atoms with E-state index < -0.39 is 5.97 Å². The molecule has 1 N–H and O–H groups in total. The number of halogens is 2. The van der Waals surface area contributed by atoms with Gasteiger partial charge < -0.3 is 5.11 Å². The van der Waals surface area contributed by atoms with Crippen molar-refractivity contribution in [2.24, 2.45) is 0 Å². The van der Waals surface area contributed by atoms with Crippen molar-refractivity contribution in [3.63, 3.8) is 0 Å².